The van der Waals surface area contributed by atoms with Crippen molar-refractivity contribution in [1.29, 1.82) is 0 Å². The van der Waals surface area contributed by atoms with Crippen molar-refractivity contribution in [1.82, 2.24) is 16.0 Å². The van der Waals surface area contributed by atoms with E-state index in [0.29, 0.717) is 25.9 Å². The third-order valence-corrected chi connectivity index (χ3v) is 4.93. The zero-order chi connectivity index (χ0) is 23.2. The van der Waals surface area contributed by atoms with E-state index in [1.165, 1.54) is 0 Å². The molecule has 2 aromatic rings. The number of rotatable bonds is 13. The van der Waals surface area contributed by atoms with Crippen molar-refractivity contribution in [3.63, 3.8) is 0 Å². The van der Waals surface area contributed by atoms with Crippen LogP contribution < -0.4 is 16.0 Å². The van der Waals surface area contributed by atoms with E-state index < -0.39 is 23.8 Å². The van der Waals surface area contributed by atoms with Gasteiger partial charge in [-0.3, -0.25) is 19.2 Å². The van der Waals surface area contributed by atoms with E-state index in [1.807, 2.05) is 60.7 Å². The Labute approximate surface area is 193 Å². The zero-order valence-electron chi connectivity index (χ0n) is 17.7. The molecule has 0 aliphatic carbocycles. The van der Waals surface area contributed by atoms with Crippen LogP contribution in [0.2, 0.25) is 0 Å². The Kier molecular flexibility index (Phi) is 10.7. The molecule has 2 rings (SSSR count). The van der Waals surface area contributed by atoms with Crippen LogP contribution in [-0.2, 0) is 32.0 Å². The molecule has 0 bridgehead atoms. The molecule has 3 N–H and O–H groups in total. The molecule has 0 saturated heterocycles. The van der Waals surface area contributed by atoms with Gasteiger partial charge in [-0.2, -0.15) is 0 Å². The van der Waals surface area contributed by atoms with Gasteiger partial charge in [0.1, 0.15) is 0 Å². The number of Topliss-reactive ketones (excluding diaryl/α,β-unsaturated/α-hetero) is 1. The van der Waals surface area contributed by atoms with Gasteiger partial charge in [0.2, 0.25) is 5.91 Å². The predicted molar refractivity (Wildman–Crippen MR) is 126 cm³/mol. The number of carbonyl (C=O) groups is 4. The van der Waals surface area contributed by atoms with Gasteiger partial charge >= 0.3 is 0 Å². The summed E-state index contributed by atoms with van der Waals surface area (Å²) in [6, 6.07) is 17.8. The molecule has 0 atom stereocenters. The van der Waals surface area contributed by atoms with Crippen LogP contribution in [0, 0.1) is 0 Å². The average molecular weight is 454 g/mol. The minimum Gasteiger partial charge on any atom is -0.354 e. The maximum atomic E-state index is 12.7. The summed E-state index contributed by atoms with van der Waals surface area (Å²) < 4.78 is 0. The molecule has 0 aliphatic heterocycles. The van der Waals surface area contributed by atoms with Crippen LogP contribution in [0.15, 0.2) is 60.7 Å². The highest BCUT2D eigenvalue weighted by Gasteiger charge is 2.28. The molecule has 2 aromatic carbocycles. The molecule has 3 amide bonds. The quantitative estimate of drug-likeness (QED) is 0.315. The summed E-state index contributed by atoms with van der Waals surface area (Å²) in [5.41, 5.74) is 2.08. The number of hydrogen-bond donors (Lipinski definition) is 3. The van der Waals surface area contributed by atoms with Crippen molar-refractivity contribution < 1.29 is 19.2 Å². The molecule has 0 spiro atoms. The Bertz CT molecular complexity index is 862. The van der Waals surface area contributed by atoms with Crippen LogP contribution in [0.3, 0.4) is 0 Å². The molecule has 168 valence electrons. The van der Waals surface area contributed by atoms with E-state index in [2.05, 4.69) is 28.2 Å². The van der Waals surface area contributed by atoms with Crippen LogP contribution in [-0.4, -0.2) is 48.0 Å². The highest BCUT2D eigenvalue weighted by atomic mass is 32.1. The average Bonchev–Trinajstić information content (AvgIpc) is 2.82. The van der Waals surface area contributed by atoms with E-state index in [-0.39, 0.29) is 18.6 Å². The molecule has 0 aliphatic rings. The van der Waals surface area contributed by atoms with Gasteiger partial charge in [-0.25, -0.2) is 0 Å². The third kappa shape index (κ3) is 9.18. The van der Waals surface area contributed by atoms with Crippen LogP contribution >= 0.6 is 12.2 Å². The Morgan fingerprint density at radius 1 is 0.750 bits per heavy atom. The Morgan fingerprint density at radius 3 is 1.66 bits per heavy atom. The molecule has 32 heavy (non-hydrogen) atoms. The monoisotopic (exact) mass is 453 g/mol. The fraction of sp³-hybridized carbons (Fsp3) is 0.292. The van der Waals surface area contributed by atoms with Gasteiger partial charge in [0.25, 0.3) is 11.8 Å². The van der Waals surface area contributed by atoms with Gasteiger partial charge in [0, 0.05) is 31.3 Å². The Balaban J connectivity index is 1.92. The van der Waals surface area contributed by atoms with Crippen LogP contribution in [0.4, 0.5) is 0 Å². The van der Waals surface area contributed by atoms with Crippen molar-refractivity contribution in [2.75, 3.05) is 13.1 Å². The van der Waals surface area contributed by atoms with E-state index in [0.717, 1.165) is 16.5 Å². The molecule has 0 fully saturated rings. The van der Waals surface area contributed by atoms with Gasteiger partial charge in [-0.05, 0) is 24.0 Å². The third-order valence-electron chi connectivity index (χ3n) is 4.67. The first kappa shape index (κ1) is 24.9. The molecule has 0 saturated carbocycles. The highest BCUT2D eigenvalue weighted by molar-refractivity contribution is 7.80. The lowest BCUT2D eigenvalue weighted by Crippen LogP contribution is -2.55. The van der Waals surface area contributed by atoms with Gasteiger partial charge in [-0.1, -0.05) is 72.9 Å². The topological polar surface area (TPSA) is 104 Å². The number of carbonyl (C=O) groups excluding carboxylic acids is 4. The molecule has 0 aromatic heterocycles. The first-order valence-corrected chi connectivity index (χ1v) is 10.9. The molecule has 0 radical (unpaired) electrons. The van der Waals surface area contributed by atoms with E-state index in [9.17, 15) is 19.2 Å². The molecule has 0 heterocycles. The van der Waals surface area contributed by atoms with Crippen molar-refractivity contribution in [3.8, 4) is 0 Å². The number of ketones is 1. The second-order valence-electron chi connectivity index (χ2n) is 7.14. The largest absolute Gasteiger partial charge is 0.354 e. The lowest BCUT2D eigenvalue weighted by Gasteiger charge is -2.18. The second kappa shape index (κ2) is 13.8. The number of nitrogens with one attached hydrogen (secondary N) is 3. The fourth-order valence-corrected chi connectivity index (χ4v) is 3.05. The van der Waals surface area contributed by atoms with Gasteiger partial charge in [0.15, 0.2) is 11.8 Å². The molecule has 8 heteroatoms. The van der Waals surface area contributed by atoms with Crippen LogP contribution in [0.1, 0.15) is 24.0 Å². The summed E-state index contributed by atoms with van der Waals surface area (Å²) in [6.45, 7) is 0.631. The first-order valence-electron chi connectivity index (χ1n) is 10.4. The molecule has 7 nitrogen and oxygen atoms in total. The molecular weight excluding hydrogens is 426 g/mol. The lowest BCUT2D eigenvalue weighted by atomic mass is 10.1. The van der Waals surface area contributed by atoms with Gasteiger partial charge in [-0.15, -0.1) is 0 Å². The normalized spacial score (nSPS) is 10.3. The lowest BCUT2D eigenvalue weighted by molar-refractivity contribution is -0.136. The smallest absolute Gasteiger partial charge is 0.252 e. The Hall–Kier alpha value is -3.39. The van der Waals surface area contributed by atoms with Crippen LogP contribution in [0.5, 0.6) is 0 Å². The van der Waals surface area contributed by atoms with E-state index in [1.54, 1.807) is 0 Å². The maximum Gasteiger partial charge on any atom is 0.252 e. The van der Waals surface area contributed by atoms with E-state index in [4.69, 9.17) is 0 Å². The summed E-state index contributed by atoms with van der Waals surface area (Å²) in [5.74, 6) is -2.14. The van der Waals surface area contributed by atoms with Crippen molar-refractivity contribution in [2.24, 2.45) is 0 Å². The summed E-state index contributed by atoms with van der Waals surface area (Å²) in [6.07, 6.45) is 0.947. The predicted octanol–water partition coefficient (Wildman–Crippen LogP) is 1.54. The number of thiocarbonyl (C=S) groups is 1. The Morgan fingerprint density at radius 2 is 1.22 bits per heavy atom. The van der Waals surface area contributed by atoms with E-state index >= 15 is 0 Å². The minimum atomic E-state index is -1.39. The summed E-state index contributed by atoms with van der Waals surface area (Å²) in [5, 5.41) is 8.79. The van der Waals surface area contributed by atoms with Crippen LogP contribution in [0.25, 0.3) is 0 Å². The minimum absolute atomic E-state index is 0.0761. The fourth-order valence-electron chi connectivity index (χ4n) is 2.93. The highest BCUT2D eigenvalue weighted by Crippen LogP contribution is 2.00. The molecular formula is C24H27N3O4S. The van der Waals surface area contributed by atoms with Crippen molar-refractivity contribution in [2.45, 2.75) is 31.7 Å². The zero-order valence-corrected chi connectivity index (χ0v) is 18.5. The van der Waals surface area contributed by atoms with Crippen molar-refractivity contribution in [3.05, 3.63) is 71.8 Å². The maximum absolute atomic E-state index is 12.7. The standard InChI is InChI=1S/C24H27N3O4S/c28-20(17-32)11-12-21(29)27-22(23(30)25-15-13-18-7-3-1-4-8-18)24(31)26-16-14-19-9-5-2-6-10-19/h1-10,17,22H,11-16H2,(H,25,30)(H,26,31)(H,27,29). The first-order chi connectivity index (χ1) is 15.5. The summed E-state index contributed by atoms with van der Waals surface area (Å²) in [7, 11) is 0. The van der Waals surface area contributed by atoms with Gasteiger partial charge in [0.05, 0.1) is 0 Å². The SMILES string of the molecule is O=C(C=S)CCC(=O)NC(C(=O)NCCc1ccccc1)C(=O)NCCc1ccccc1. The number of hydrogen-bond acceptors (Lipinski definition) is 5. The van der Waals surface area contributed by atoms with Gasteiger partial charge < -0.3 is 16.0 Å². The number of benzene rings is 2. The number of amides is 3. The van der Waals surface area contributed by atoms with Crippen molar-refractivity contribution >= 4 is 41.1 Å². The second-order valence-corrected chi connectivity index (χ2v) is 7.37. The summed E-state index contributed by atoms with van der Waals surface area (Å²) in [4.78, 5) is 48.8. The summed E-state index contributed by atoms with van der Waals surface area (Å²) >= 11 is 4.54. The molecule has 0 unspecified atom stereocenters.